The fourth-order valence-electron chi connectivity index (χ4n) is 2.41. The Morgan fingerprint density at radius 1 is 1.12 bits per heavy atom. The molecule has 24 heavy (non-hydrogen) atoms. The standard InChI is InChI=1S/C19H16O5/c1-12-7-8-17-14(9-12)15(20)10-18(24-17)19(21)23-11-13-5-3-4-6-16(13)22-2/h3-10H,11H2,1-2H3. The van der Waals surface area contributed by atoms with Crippen LogP contribution in [0.2, 0.25) is 0 Å². The Balaban J connectivity index is 1.84. The number of benzene rings is 2. The van der Waals surface area contributed by atoms with Gasteiger partial charge in [-0.25, -0.2) is 4.79 Å². The maximum absolute atomic E-state index is 12.2. The monoisotopic (exact) mass is 324 g/mol. The zero-order valence-corrected chi connectivity index (χ0v) is 13.4. The summed E-state index contributed by atoms with van der Waals surface area (Å²) >= 11 is 0. The van der Waals surface area contributed by atoms with Crippen LogP contribution in [-0.4, -0.2) is 13.1 Å². The molecule has 0 radical (unpaired) electrons. The lowest BCUT2D eigenvalue weighted by Crippen LogP contribution is -2.10. The van der Waals surface area contributed by atoms with Crippen molar-refractivity contribution in [1.29, 1.82) is 0 Å². The topological polar surface area (TPSA) is 65.7 Å². The van der Waals surface area contributed by atoms with Crippen molar-refractivity contribution in [2.45, 2.75) is 13.5 Å². The Labute approximate surface area is 138 Å². The first kappa shape index (κ1) is 15.8. The lowest BCUT2D eigenvalue weighted by molar-refractivity contribution is 0.0434. The van der Waals surface area contributed by atoms with Gasteiger partial charge in [0.25, 0.3) is 0 Å². The molecular formula is C19H16O5. The van der Waals surface area contributed by atoms with Crippen molar-refractivity contribution in [2.24, 2.45) is 0 Å². The van der Waals surface area contributed by atoms with Gasteiger partial charge in [0.05, 0.1) is 12.5 Å². The minimum Gasteiger partial charge on any atom is -0.496 e. The van der Waals surface area contributed by atoms with Crippen LogP contribution in [0.4, 0.5) is 0 Å². The van der Waals surface area contributed by atoms with Gasteiger partial charge in [0.2, 0.25) is 5.76 Å². The Bertz CT molecular complexity index is 955. The van der Waals surface area contributed by atoms with Crippen LogP contribution in [0.5, 0.6) is 5.75 Å². The highest BCUT2D eigenvalue weighted by molar-refractivity contribution is 5.89. The summed E-state index contributed by atoms with van der Waals surface area (Å²) in [5.41, 5.74) is 1.76. The largest absolute Gasteiger partial charge is 0.496 e. The van der Waals surface area contributed by atoms with E-state index in [1.54, 1.807) is 31.4 Å². The average molecular weight is 324 g/mol. The Kier molecular flexibility index (Phi) is 4.33. The fourth-order valence-corrected chi connectivity index (χ4v) is 2.41. The minimum atomic E-state index is -0.694. The Morgan fingerprint density at radius 3 is 2.71 bits per heavy atom. The summed E-state index contributed by atoms with van der Waals surface area (Å²) < 4.78 is 15.9. The summed E-state index contributed by atoms with van der Waals surface area (Å²) in [4.78, 5) is 24.3. The fraction of sp³-hybridized carbons (Fsp3) is 0.158. The van der Waals surface area contributed by atoms with E-state index < -0.39 is 5.97 Å². The number of hydrogen-bond acceptors (Lipinski definition) is 5. The lowest BCUT2D eigenvalue weighted by Gasteiger charge is -2.09. The second-order valence-electron chi connectivity index (χ2n) is 5.36. The van der Waals surface area contributed by atoms with Gasteiger partial charge in [0.15, 0.2) is 5.43 Å². The molecule has 0 fully saturated rings. The molecule has 5 heteroatoms. The van der Waals surface area contributed by atoms with E-state index in [9.17, 15) is 9.59 Å². The maximum atomic E-state index is 12.2. The highest BCUT2D eigenvalue weighted by Crippen LogP contribution is 2.19. The van der Waals surface area contributed by atoms with E-state index in [1.165, 1.54) is 0 Å². The second kappa shape index (κ2) is 6.58. The normalized spacial score (nSPS) is 10.6. The molecule has 0 bridgehead atoms. The first-order valence-corrected chi connectivity index (χ1v) is 7.42. The number of aryl methyl sites for hydroxylation is 1. The number of fused-ring (bicyclic) bond motifs is 1. The molecule has 0 spiro atoms. The molecule has 0 amide bonds. The molecule has 122 valence electrons. The van der Waals surface area contributed by atoms with E-state index in [4.69, 9.17) is 13.9 Å². The number of rotatable bonds is 4. The minimum absolute atomic E-state index is 0.0263. The molecule has 0 unspecified atom stereocenters. The van der Waals surface area contributed by atoms with Crippen LogP contribution in [0, 0.1) is 6.92 Å². The molecule has 1 aromatic heterocycles. The third-order valence-electron chi connectivity index (χ3n) is 3.64. The number of hydrogen-bond donors (Lipinski definition) is 0. The molecule has 3 rings (SSSR count). The average Bonchev–Trinajstić information content (AvgIpc) is 2.60. The predicted octanol–water partition coefficient (Wildman–Crippen LogP) is 3.47. The van der Waals surface area contributed by atoms with Crippen LogP contribution in [0.25, 0.3) is 11.0 Å². The van der Waals surface area contributed by atoms with Crippen LogP contribution in [0.1, 0.15) is 21.7 Å². The predicted molar refractivity (Wildman–Crippen MR) is 89.3 cm³/mol. The Hall–Kier alpha value is -3.08. The Morgan fingerprint density at radius 2 is 1.92 bits per heavy atom. The first-order chi connectivity index (χ1) is 11.6. The summed E-state index contributed by atoms with van der Waals surface area (Å²) in [6.45, 7) is 1.91. The number of ether oxygens (including phenoxy) is 2. The van der Waals surface area contributed by atoms with Gasteiger partial charge in [-0.15, -0.1) is 0 Å². The highest BCUT2D eigenvalue weighted by atomic mass is 16.5. The molecule has 0 aliphatic heterocycles. The van der Waals surface area contributed by atoms with E-state index >= 15 is 0 Å². The van der Waals surface area contributed by atoms with Crippen LogP contribution < -0.4 is 10.2 Å². The summed E-state index contributed by atoms with van der Waals surface area (Å²) in [5, 5.41) is 0.441. The molecule has 3 aromatic rings. The first-order valence-electron chi connectivity index (χ1n) is 7.42. The van der Waals surface area contributed by atoms with Gasteiger partial charge in [0.1, 0.15) is 17.9 Å². The van der Waals surface area contributed by atoms with E-state index in [-0.39, 0.29) is 17.8 Å². The number of carbonyl (C=O) groups is 1. The smallest absolute Gasteiger partial charge is 0.374 e. The number of para-hydroxylation sites is 1. The molecule has 0 saturated carbocycles. The van der Waals surface area contributed by atoms with Gasteiger partial charge >= 0.3 is 5.97 Å². The molecule has 0 aliphatic carbocycles. The zero-order chi connectivity index (χ0) is 17.1. The molecule has 2 aromatic carbocycles. The molecule has 1 heterocycles. The van der Waals surface area contributed by atoms with Gasteiger partial charge in [-0.2, -0.15) is 0 Å². The third-order valence-corrected chi connectivity index (χ3v) is 3.64. The molecule has 5 nitrogen and oxygen atoms in total. The van der Waals surface area contributed by atoms with Crippen molar-refractivity contribution in [1.82, 2.24) is 0 Å². The summed E-state index contributed by atoms with van der Waals surface area (Å²) in [6.07, 6.45) is 0. The summed E-state index contributed by atoms with van der Waals surface area (Å²) in [6, 6.07) is 13.6. The van der Waals surface area contributed by atoms with Crippen molar-refractivity contribution < 1.29 is 18.7 Å². The van der Waals surface area contributed by atoms with Gasteiger partial charge < -0.3 is 13.9 Å². The van der Waals surface area contributed by atoms with E-state index in [0.29, 0.717) is 16.7 Å². The van der Waals surface area contributed by atoms with Gasteiger partial charge in [0, 0.05) is 11.6 Å². The lowest BCUT2D eigenvalue weighted by atomic mass is 10.1. The van der Waals surface area contributed by atoms with Gasteiger partial charge in [-0.3, -0.25) is 4.79 Å². The number of esters is 1. The molecule has 0 aliphatic rings. The van der Waals surface area contributed by atoms with Crippen molar-refractivity contribution >= 4 is 16.9 Å². The van der Waals surface area contributed by atoms with Crippen LogP contribution in [0.15, 0.2) is 57.7 Å². The van der Waals surface area contributed by atoms with E-state index in [2.05, 4.69) is 0 Å². The van der Waals surface area contributed by atoms with Gasteiger partial charge in [-0.1, -0.05) is 29.8 Å². The number of methoxy groups -OCH3 is 1. The quantitative estimate of drug-likeness (QED) is 0.688. The second-order valence-corrected chi connectivity index (χ2v) is 5.36. The van der Waals surface area contributed by atoms with Crippen molar-refractivity contribution in [3.8, 4) is 5.75 Å². The SMILES string of the molecule is COc1ccccc1COC(=O)c1cc(=O)c2cc(C)ccc2o1. The van der Waals surface area contributed by atoms with E-state index in [1.807, 2.05) is 25.1 Å². The third kappa shape index (κ3) is 3.15. The summed E-state index contributed by atoms with van der Waals surface area (Å²) in [5.74, 6) is -0.188. The van der Waals surface area contributed by atoms with Crippen LogP contribution in [-0.2, 0) is 11.3 Å². The van der Waals surface area contributed by atoms with Crippen molar-refractivity contribution in [3.63, 3.8) is 0 Å². The van der Waals surface area contributed by atoms with Crippen molar-refractivity contribution in [2.75, 3.05) is 7.11 Å². The molecular weight excluding hydrogens is 308 g/mol. The van der Waals surface area contributed by atoms with Crippen molar-refractivity contribution in [3.05, 3.63) is 75.6 Å². The van der Waals surface area contributed by atoms with Crippen LogP contribution in [0.3, 0.4) is 0 Å². The highest BCUT2D eigenvalue weighted by Gasteiger charge is 2.15. The van der Waals surface area contributed by atoms with E-state index in [0.717, 1.165) is 17.2 Å². The van der Waals surface area contributed by atoms with Gasteiger partial charge in [-0.05, 0) is 25.1 Å². The molecule has 0 atom stereocenters. The molecule has 0 saturated heterocycles. The number of carbonyl (C=O) groups excluding carboxylic acids is 1. The summed E-state index contributed by atoms with van der Waals surface area (Å²) in [7, 11) is 1.55. The molecule has 0 N–H and O–H groups in total. The zero-order valence-electron chi connectivity index (χ0n) is 13.4. The van der Waals surface area contributed by atoms with Crippen LogP contribution >= 0.6 is 0 Å². The maximum Gasteiger partial charge on any atom is 0.374 e.